The molecule has 2 rings (SSSR count). The Kier molecular flexibility index (Phi) is 4.36. The van der Waals surface area contributed by atoms with E-state index in [0.29, 0.717) is 18.9 Å². The summed E-state index contributed by atoms with van der Waals surface area (Å²) in [6, 6.07) is 13.2. The minimum absolute atomic E-state index is 0.0345. The number of nitrogens with zero attached hydrogens (tertiary/aromatic N) is 1. The summed E-state index contributed by atoms with van der Waals surface area (Å²) in [4.78, 5) is 12.2. The number of hydrogen-bond donors (Lipinski definition) is 1. The summed E-state index contributed by atoms with van der Waals surface area (Å²) in [5.74, 6) is 0.353. The molecule has 1 heterocycles. The SMILES string of the molecule is CC(CN)n1cccc(OCc2ccccc2)c1=O. The highest BCUT2D eigenvalue weighted by Crippen LogP contribution is 2.09. The van der Waals surface area contributed by atoms with Gasteiger partial charge in [0.15, 0.2) is 5.75 Å². The molecule has 1 aromatic carbocycles. The smallest absolute Gasteiger partial charge is 0.293 e. The molecular weight excluding hydrogens is 240 g/mol. The van der Waals surface area contributed by atoms with Gasteiger partial charge in [-0.1, -0.05) is 30.3 Å². The van der Waals surface area contributed by atoms with Crippen LogP contribution in [0.4, 0.5) is 0 Å². The van der Waals surface area contributed by atoms with Gasteiger partial charge >= 0.3 is 0 Å². The molecule has 0 spiro atoms. The Bertz CT molecular complexity index is 578. The van der Waals surface area contributed by atoms with Crippen LogP contribution in [0, 0.1) is 0 Å². The first-order chi connectivity index (χ1) is 9.22. The van der Waals surface area contributed by atoms with Crippen molar-refractivity contribution in [2.45, 2.75) is 19.6 Å². The van der Waals surface area contributed by atoms with Gasteiger partial charge in [0.05, 0.1) is 0 Å². The van der Waals surface area contributed by atoms with Crippen LogP contribution >= 0.6 is 0 Å². The van der Waals surface area contributed by atoms with Crippen LogP contribution in [0.1, 0.15) is 18.5 Å². The van der Waals surface area contributed by atoms with Crippen molar-refractivity contribution in [2.75, 3.05) is 6.54 Å². The van der Waals surface area contributed by atoms with Gasteiger partial charge in [0.2, 0.25) is 0 Å². The number of rotatable bonds is 5. The average Bonchev–Trinajstić information content (AvgIpc) is 2.46. The Hall–Kier alpha value is -2.07. The number of benzene rings is 1. The van der Waals surface area contributed by atoms with Gasteiger partial charge in [0.25, 0.3) is 5.56 Å². The zero-order chi connectivity index (χ0) is 13.7. The van der Waals surface area contributed by atoms with Gasteiger partial charge in [-0.2, -0.15) is 0 Å². The summed E-state index contributed by atoms with van der Waals surface area (Å²) < 4.78 is 7.18. The summed E-state index contributed by atoms with van der Waals surface area (Å²) in [6.45, 7) is 2.71. The van der Waals surface area contributed by atoms with Gasteiger partial charge in [0, 0.05) is 18.8 Å². The fraction of sp³-hybridized carbons (Fsp3) is 0.267. The number of aromatic nitrogens is 1. The second-order valence-corrected chi connectivity index (χ2v) is 4.44. The molecule has 0 saturated carbocycles. The predicted molar refractivity (Wildman–Crippen MR) is 75.2 cm³/mol. The maximum atomic E-state index is 12.2. The number of hydrogen-bond acceptors (Lipinski definition) is 3. The van der Waals surface area contributed by atoms with Crippen LogP contribution in [0.25, 0.3) is 0 Å². The first kappa shape index (κ1) is 13.4. The monoisotopic (exact) mass is 258 g/mol. The molecule has 100 valence electrons. The number of nitrogens with two attached hydrogens (primary N) is 1. The third-order valence-electron chi connectivity index (χ3n) is 2.99. The maximum Gasteiger partial charge on any atom is 0.293 e. The molecule has 0 saturated heterocycles. The van der Waals surface area contributed by atoms with E-state index >= 15 is 0 Å². The molecule has 2 aromatic rings. The highest BCUT2D eigenvalue weighted by Gasteiger charge is 2.08. The molecule has 1 unspecified atom stereocenters. The fourth-order valence-corrected chi connectivity index (χ4v) is 1.80. The molecular formula is C15H18N2O2. The molecule has 0 amide bonds. The second kappa shape index (κ2) is 6.20. The molecule has 2 N–H and O–H groups in total. The van der Waals surface area contributed by atoms with Crippen LogP contribution < -0.4 is 16.0 Å². The summed E-state index contributed by atoms with van der Waals surface area (Å²) in [6.07, 6.45) is 1.73. The first-order valence-corrected chi connectivity index (χ1v) is 6.30. The van der Waals surface area contributed by atoms with Gasteiger partial charge in [-0.15, -0.1) is 0 Å². The Labute approximate surface area is 112 Å². The Balaban J connectivity index is 2.15. The molecule has 4 heteroatoms. The van der Waals surface area contributed by atoms with E-state index in [4.69, 9.17) is 10.5 Å². The molecule has 0 radical (unpaired) electrons. The lowest BCUT2D eigenvalue weighted by Crippen LogP contribution is -2.28. The van der Waals surface area contributed by atoms with E-state index in [0.717, 1.165) is 5.56 Å². The van der Waals surface area contributed by atoms with Crippen molar-refractivity contribution in [1.82, 2.24) is 4.57 Å². The topological polar surface area (TPSA) is 57.2 Å². The summed E-state index contributed by atoms with van der Waals surface area (Å²) in [5.41, 5.74) is 6.48. The minimum atomic E-state index is -0.142. The standard InChI is InChI=1S/C15H18N2O2/c1-12(10-16)17-9-5-8-14(15(17)18)19-11-13-6-3-2-4-7-13/h2-9,12H,10-11,16H2,1H3. The minimum Gasteiger partial charge on any atom is -0.483 e. The van der Waals surface area contributed by atoms with Crippen molar-refractivity contribution in [3.05, 3.63) is 64.6 Å². The van der Waals surface area contributed by atoms with E-state index in [2.05, 4.69) is 0 Å². The van der Waals surface area contributed by atoms with Crippen molar-refractivity contribution < 1.29 is 4.74 Å². The molecule has 0 fully saturated rings. The zero-order valence-electron chi connectivity index (χ0n) is 11.0. The van der Waals surface area contributed by atoms with Gasteiger partial charge in [-0.25, -0.2) is 0 Å². The van der Waals surface area contributed by atoms with E-state index in [9.17, 15) is 4.79 Å². The number of pyridine rings is 1. The molecule has 0 aliphatic carbocycles. The van der Waals surface area contributed by atoms with Crippen LogP contribution in [0.15, 0.2) is 53.5 Å². The van der Waals surface area contributed by atoms with E-state index in [1.54, 1.807) is 22.9 Å². The van der Waals surface area contributed by atoms with E-state index in [1.807, 2.05) is 37.3 Å². The van der Waals surface area contributed by atoms with E-state index < -0.39 is 0 Å². The molecule has 4 nitrogen and oxygen atoms in total. The van der Waals surface area contributed by atoms with E-state index in [1.165, 1.54) is 0 Å². The zero-order valence-corrected chi connectivity index (χ0v) is 11.0. The Morgan fingerprint density at radius 3 is 2.63 bits per heavy atom. The molecule has 19 heavy (non-hydrogen) atoms. The van der Waals surface area contributed by atoms with Crippen molar-refractivity contribution in [3.63, 3.8) is 0 Å². The lowest BCUT2D eigenvalue weighted by atomic mass is 10.2. The normalized spacial score (nSPS) is 12.1. The fourth-order valence-electron chi connectivity index (χ4n) is 1.80. The summed E-state index contributed by atoms with van der Waals surface area (Å²) in [7, 11) is 0. The largest absolute Gasteiger partial charge is 0.483 e. The lowest BCUT2D eigenvalue weighted by Gasteiger charge is -2.14. The summed E-state index contributed by atoms with van der Waals surface area (Å²) in [5, 5.41) is 0. The lowest BCUT2D eigenvalue weighted by molar-refractivity contribution is 0.297. The average molecular weight is 258 g/mol. The number of ether oxygens (including phenoxy) is 1. The molecule has 0 aliphatic heterocycles. The Morgan fingerprint density at radius 1 is 1.21 bits per heavy atom. The van der Waals surface area contributed by atoms with Gasteiger partial charge in [-0.3, -0.25) is 4.79 Å². The quantitative estimate of drug-likeness (QED) is 0.891. The van der Waals surface area contributed by atoms with Crippen molar-refractivity contribution in [3.8, 4) is 5.75 Å². The third kappa shape index (κ3) is 3.23. The van der Waals surface area contributed by atoms with Gasteiger partial charge < -0.3 is 15.0 Å². The summed E-state index contributed by atoms with van der Waals surface area (Å²) >= 11 is 0. The predicted octanol–water partition coefficient (Wildman–Crippen LogP) is 1.95. The van der Waals surface area contributed by atoms with Crippen LogP contribution in [-0.2, 0) is 6.61 Å². The molecule has 1 aromatic heterocycles. The van der Waals surface area contributed by atoms with Crippen LogP contribution in [0.2, 0.25) is 0 Å². The Morgan fingerprint density at radius 2 is 1.95 bits per heavy atom. The van der Waals surface area contributed by atoms with Crippen molar-refractivity contribution >= 4 is 0 Å². The first-order valence-electron chi connectivity index (χ1n) is 6.30. The maximum absolute atomic E-state index is 12.2. The second-order valence-electron chi connectivity index (χ2n) is 4.44. The highest BCUT2D eigenvalue weighted by molar-refractivity contribution is 5.20. The van der Waals surface area contributed by atoms with Crippen LogP contribution in [-0.4, -0.2) is 11.1 Å². The molecule has 0 bridgehead atoms. The molecule has 1 atom stereocenters. The van der Waals surface area contributed by atoms with Crippen LogP contribution in [0.5, 0.6) is 5.75 Å². The van der Waals surface area contributed by atoms with Gasteiger partial charge in [0.1, 0.15) is 6.61 Å². The molecule has 0 aliphatic rings. The van der Waals surface area contributed by atoms with Crippen molar-refractivity contribution in [2.24, 2.45) is 5.73 Å². The van der Waals surface area contributed by atoms with Crippen molar-refractivity contribution in [1.29, 1.82) is 0 Å². The van der Waals surface area contributed by atoms with E-state index in [-0.39, 0.29) is 11.6 Å². The highest BCUT2D eigenvalue weighted by atomic mass is 16.5. The third-order valence-corrected chi connectivity index (χ3v) is 2.99. The van der Waals surface area contributed by atoms with Gasteiger partial charge in [-0.05, 0) is 24.6 Å². The van der Waals surface area contributed by atoms with Crippen LogP contribution in [0.3, 0.4) is 0 Å².